The number of halogens is 1. The minimum atomic E-state index is -2.02. The molecule has 1 atom stereocenters. The van der Waals surface area contributed by atoms with Crippen LogP contribution in [0.5, 0.6) is 0 Å². The van der Waals surface area contributed by atoms with Crippen LogP contribution in [-0.4, -0.2) is 8.76 Å². The molecule has 0 aliphatic rings. The van der Waals surface area contributed by atoms with Crippen LogP contribution in [0.4, 0.5) is 0 Å². The van der Waals surface area contributed by atoms with Gasteiger partial charge in [0.1, 0.15) is 0 Å². The molecule has 0 saturated heterocycles. The van der Waals surface area contributed by atoms with Crippen LogP contribution in [0.2, 0.25) is 5.02 Å². The van der Waals surface area contributed by atoms with Gasteiger partial charge >= 0.3 is 0 Å². The van der Waals surface area contributed by atoms with Crippen molar-refractivity contribution in [2.75, 3.05) is 0 Å². The normalized spacial score (nSPS) is 12.9. The molecule has 66 valence electrons. The van der Waals surface area contributed by atoms with Gasteiger partial charge in [-0.2, -0.15) is 0 Å². The number of aryl methyl sites for hydroxylation is 1. The summed E-state index contributed by atoms with van der Waals surface area (Å²) < 4.78 is 20.7. The molecule has 0 amide bonds. The first-order valence-corrected chi connectivity index (χ1v) is 5.02. The van der Waals surface area contributed by atoms with Crippen molar-refractivity contribution in [2.45, 2.75) is 12.7 Å². The zero-order chi connectivity index (χ0) is 9.14. The molecule has 0 fully saturated rings. The van der Waals surface area contributed by atoms with Crippen LogP contribution < -0.4 is 0 Å². The van der Waals surface area contributed by atoms with Gasteiger partial charge in [0.15, 0.2) is 0 Å². The van der Waals surface area contributed by atoms with E-state index in [4.69, 9.17) is 11.6 Å². The molecule has 0 saturated carbocycles. The molecule has 1 aromatic rings. The van der Waals surface area contributed by atoms with E-state index in [0.29, 0.717) is 5.02 Å². The van der Waals surface area contributed by atoms with Crippen molar-refractivity contribution >= 4 is 22.7 Å². The summed E-state index contributed by atoms with van der Waals surface area (Å²) in [5.74, 6) is 0.0536. The molecule has 0 radical (unpaired) electrons. The highest BCUT2D eigenvalue weighted by atomic mass is 35.5. The summed E-state index contributed by atoms with van der Waals surface area (Å²) in [6.45, 7) is 1.85. The van der Waals surface area contributed by atoms with Gasteiger partial charge in [-0.05, 0) is 24.1 Å². The number of benzene rings is 1. The molecule has 1 unspecified atom stereocenters. The molecule has 0 bridgehead atoms. The molecule has 0 spiro atoms. The predicted octanol–water partition coefficient (Wildman–Crippen LogP) is 2.03. The molecule has 0 aliphatic heterocycles. The van der Waals surface area contributed by atoms with Crippen LogP contribution in [0.15, 0.2) is 18.2 Å². The SMILES string of the molecule is Cc1cc(CS(=O)[O-])ccc1Cl. The summed E-state index contributed by atoms with van der Waals surface area (Å²) in [6, 6.07) is 5.20. The maximum atomic E-state index is 10.3. The summed E-state index contributed by atoms with van der Waals surface area (Å²) >= 11 is 3.74. The van der Waals surface area contributed by atoms with E-state index in [9.17, 15) is 8.76 Å². The van der Waals surface area contributed by atoms with Crippen LogP contribution in [0.25, 0.3) is 0 Å². The number of hydrogen-bond donors (Lipinski definition) is 0. The molecule has 0 aliphatic carbocycles. The zero-order valence-corrected chi connectivity index (χ0v) is 8.11. The fraction of sp³-hybridized carbons (Fsp3) is 0.250. The summed E-state index contributed by atoms with van der Waals surface area (Å²) in [5, 5.41) is 0.662. The summed E-state index contributed by atoms with van der Waals surface area (Å²) in [5.41, 5.74) is 1.67. The molecular formula is C8H8ClO2S-. The Hall–Kier alpha value is -0.380. The Morgan fingerprint density at radius 2 is 2.25 bits per heavy atom. The average molecular weight is 204 g/mol. The molecule has 0 heterocycles. The lowest BCUT2D eigenvalue weighted by molar-refractivity contribution is 0.536. The van der Waals surface area contributed by atoms with Crippen LogP contribution in [0.3, 0.4) is 0 Å². The van der Waals surface area contributed by atoms with Crippen LogP contribution in [0.1, 0.15) is 11.1 Å². The van der Waals surface area contributed by atoms with Crippen LogP contribution in [-0.2, 0) is 16.8 Å². The monoisotopic (exact) mass is 203 g/mol. The van der Waals surface area contributed by atoms with Gasteiger partial charge in [0, 0.05) is 10.8 Å². The van der Waals surface area contributed by atoms with Crippen molar-refractivity contribution in [1.82, 2.24) is 0 Å². The van der Waals surface area contributed by atoms with E-state index in [1.165, 1.54) is 0 Å². The molecule has 2 nitrogen and oxygen atoms in total. The Labute approximate surface area is 78.8 Å². The van der Waals surface area contributed by atoms with E-state index >= 15 is 0 Å². The van der Waals surface area contributed by atoms with Gasteiger partial charge < -0.3 is 4.55 Å². The van der Waals surface area contributed by atoms with Crippen LogP contribution in [0, 0.1) is 6.92 Å². The van der Waals surface area contributed by atoms with Gasteiger partial charge in [-0.25, -0.2) is 0 Å². The predicted molar refractivity (Wildman–Crippen MR) is 48.8 cm³/mol. The van der Waals surface area contributed by atoms with Crippen molar-refractivity contribution in [3.63, 3.8) is 0 Å². The summed E-state index contributed by atoms with van der Waals surface area (Å²) in [6.07, 6.45) is 0. The second-order valence-corrected chi connectivity index (χ2v) is 3.83. The van der Waals surface area contributed by atoms with Gasteiger partial charge in [0.25, 0.3) is 0 Å². The van der Waals surface area contributed by atoms with Gasteiger partial charge in [0.2, 0.25) is 0 Å². The Bertz CT molecular complexity index is 312. The van der Waals surface area contributed by atoms with Crippen molar-refractivity contribution in [3.05, 3.63) is 34.3 Å². The molecule has 0 N–H and O–H groups in total. The highest BCUT2D eigenvalue weighted by molar-refractivity contribution is 7.78. The Balaban J connectivity index is 2.89. The lowest BCUT2D eigenvalue weighted by atomic mass is 10.2. The van der Waals surface area contributed by atoms with Gasteiger partial charge in [0.05, 0.1) is 0 Å². The van der Waals surface area contributed by atoms with E-state index in [0.717, 1.165) is 11.1 Å². The van der Waals surface area contributed by atoms with Gasteiger partial charge in [-0.1, -0.05) is 34.8 Å². The van der Waals surface area contributed by atoms with Crippen molar-refractivity contribution in [3.8, 4) is 0 Å². The molecule has 0 aromatic heterocycles. The minimum Gasteiger partial charge on any atom is -0.772 e. The molecule has 1 aromatic carbocycles. The first-order valence-electron chi connectivity index (χ1n) is 3.40. The number of rotatable bonds is 2. The highest BCUT2D eigenvalue weighted by Crippen LogP contribution is 2.16. The van der Waals surface area contributed by atoms with E-state index in [1.807, 2.05) is 6.92 Å². The lowest BCUT2D eigenvalue weighted by Crippen LogP contribution is -1.93. The van der Waals surface area contributed by atoms with Crippen molar-refractivity contribution in [2.24, 2.45) is 0 Å². The average Bonchev–Trinajstić information content (AvgIpc) is 1.96. The Morgan fingerprint density at radius 1 is 1.58 bits per heavy atom. The first kappa shape index (κ1) is 9.71. The van der Waals surface area contributed by atoms with E-state index < -0.39 is 11.1 Å². The quantitative estimate of drug-likeness (QED) is 0.690. The minimum absolute atomic E-state index is 0.0536. The van der Waals surface area contributed by atoms with E-state index in [-0.39, 0.29) is 5.75 Å². The maximum absolute atomic E-state index is 10.3. The topological polar surface area (TPSA) is 40.1 Å². The van der Waals surface area contributed by atoms with Crippen molar-refractivity contribution < 1.29 is 8.76 Å². The largest absolute Gasteiger partial charge is 0.772 e. The fourth-order valence-corrected chi connectivity index (χ4v) is 1.50. The Kier molecular flexibility index (Phi) is 3.26. The third-order valence-corrected chi connectivity index (χ3v) is 2.50. The van der Waals surface area contributed by atoms with E-state index in [1.54, 1.807) is 18.2 Å². The molecule has 1 rings (SSSR count). The second-order valence-electron chi connectivity index (χ2n) is 2.53. The molecule has 12 heavy (non-hydrogen) atoms. The van der Waals surface area contributed by atoms with Crippen LogP contribution >= 0.6 is 11.6 Å². The highest BCUT2D eigenvalue weighted by Gasteiger charge is 1.96. The third-order valence-electron chi connectivity index (χ3n) is 1.51. The first-order chi connectivity index (χ1) is 5.59. The fourth-order valence-electron chi connectivity index (χ4n) is 0.933. The molecular weight excluding hydrogens is 196 g/mol. The smallest absolute Gasteiger partial charge is 0.0435 e. The van der Waals surface area contributed by atoms with Gasteiger partial charge in [-0.3, -0.25) is 4.21 Å². The van der Waals surface area contributed by atoms with Crippen molar-refractivity contribution in [1.29, 1.82) is 0 Å². The number of hydrogen-bond acceptors (Lipinski definition) is 2. The summed E-state index contributed by atoms with van der Waals surface area (Å²) in [4.78, 5) is 0. The molecule has 4 heteroatoms. The zero-order valence-electron chi connectivity index (χ0n) is 6.54. The standard InChI is InChI=1S/C8H9ClO2S/c1-6-4-7(5-12(10)11)2-3-8(6)9/h2-4H,5H2,1H3,(H,10,11)/p-1. The Morgan fingerprint density at radius 3 is 2.75 bits per heavy atom. The maximum Gasteiger partial charge on any atom is 0.0435 e. The lowest BCUT2D eigenvalue weighted by Gasteiger charge is -2.06. The third kappa shape index (κ3) is 2.59. The second kappa shape index (κ2) is 4.03. The van der Waals surface area contributed by atoms with Gasteiger partial charge in [-0.15, -0.1) is 0 Å². The summed E-state index contributed by atoms with van der Waals surface area (Å²) in [7, 11) is 0. The van der Waals surface area contributed by atoms with E-state index in [2.05, 4.69) is 0 Å².